The lowest BCUT2D eigenvalue weighted by atomic mass is 9.99. The molecule has 1 aliphatic carbocycles. The molecule has 0 fully saturated rings. The van der Waals surface area contributed by atoms with Gasteiger partial charge in [0.1, 0.15) is 0 Å². The van der Waals surface area contributed by atoms with Crippen molar-refractivity contribution in [2.24, 2.45) is 0 Å². The van der Waals surface area contributed by atoms with E-state index >= 15 is 0 Å². The normalized spacial score (nSPS) is 24.5. The van der Waals surface area contributed by atoms with Crippen LogP contribution in [0.1, 0.15) is 37.3 Å². The lowest BCUT2D eigenvalue weighted by Crippen LogP contribution is -2.40. The third kappa shape index (κ3) is 2.88. The molecule has 0 aromatic heterocycles. The third-order valence-electron chi connectivity index (χ3n) is 4.10. The molecule has 19 heavy (non-hydrogen) atoms. The van der Waals surface area contributed by atoms with Crippen LogP contribution >= 0.6 is 0 Å². The summed E-state index contributed by atoms with van der Waals surface area (Å²) in [6.07, 6.45) is 9.61. The molecule has 1 heterocycles. The van der Waals surface area contributed by atoms with Crippen LogP contribution in [0.5, 0.6) is 0 Å². The molecule has 2 heteroatoms. The predicted octanol–water partition coefficient (Wildman–Crippen LogP) is 3.88. The number of allylic oxidation sites excluding steroid dienone is 2. The fourth-order valence-corrected chi connectivity index (χ4v) is 3.10. The monoisotopic (exact) mass is 253 g/mol. The van der Waals surface area contributed by atoms with E-state index in [2.05, 4.69) is 58.3 Å². The van der Waals surface area contributed by atoms with Gasteiger partial charge in [0.25, 0.3) is 12.6 Å². The molecule has 1 aliphatic heterocycles. The highest BCUT2D eigenvalue weighted by Gasteiger charge is 2.32. The SMILES string of the molecule is C1#[N+]CCN(C2CCC=CCC2)C1c1ccccc1. The van der Waals surface area contributed by atoms with Gasteiger partial charge < -0.3 is 0 Å². The van der Waals surface area contributed by atoms with Gasteiger partial charge in [-0.2, -0.15) is 0 Å². The number of hydrogen-bond donors (Lipinski definition) is 0. The molecule has 0 bridgehead atoms. The Morgan fingerprint density at radius 2 is 1.79 bits per heavy atom. The van der Waals surface area contributed by atoms with Crippen molar-refractivity contribution in [2.75, 3.05) is 13.1 Å². The second kappa shape index (κ2) is 6.04. The molecule has 0 radical (unpaired) electrons. The van der Waals surface area contributed by atoms with Crippen molar-refractivity contribution >= 4 is 0 Å². The third-order valence-corrected chi connectivity index (χ3v) is 4.10. The molecule has 2 nitrogen and oxygen atoms in total. The first-order valence-electron chi connectivity index (χ1n) is 7.33. The Morgan fingerprint density at radius 1 is 1.05 bits per heavy atom. The number of nitrogens with zero attached hydrogens (tertiary/aromatic N) is 2. The lowest BCUT2D eigenvalue weighted by molar-refractivity contribution is 0.153. The topological polar surface area (TPSA) is 7.60 Å². The van der Waals surface area contributed by atoms with E-state index in [4.69, 9.17) is 0 Å². The molecule has 1 aromatic rings. The molecule has 1 aromatic carbocycles. The Morgan fingerprint density at radius 3 is 2.53 bits per heavy atom. The summed E-state index contributed by atoms with van der Waals surface area (Å²) in [5, 5.41) is 0. The first kappa shape index (κ1) is 12.4. The van der Waals surface area contributed by atoms with Gasteiger partial charge in [0.2, 0.25) is 0 Å². The summed E-state index contributed by atoms with van der Waals surface area (Å²) >= 11 is 0. The molecule has 0 amide bonds. The van der Waals surface area contributed by atoms with Gasteiger partial charge in [0.05, 0.1) is 6.54 Å². The molecule has 0 saturated carbocycles. The quantitative estimate of drug-likeness (QED) is 0.726. The van der Waals surface area contributed by atoms with Crippen LogP contribution in [0.4, 0.5) is 0 Å². The van der Waals surface area contributed by atoms with Crippen molar-refractivity contribution in [1.29, 1.82) is 0 Å². The molecule has 98 valence electrons. The summed E-state index contributed by atoms with van der Waals surface area (Å²) < 4.78 is 0. The van der Waals surface area contributed by atoms with Crippen molar-refractivity contribution < 1.29 is 0 Å². The molecule has 1 unspecified atom stereocenters. The van der Waals surface area contributed by atoms with Crippen LogP contribution in [0.25, 0.3) is 4.85 Å². The molecule has 3 rings (SSSR count). The Hall–Kier alpha value is -1.59. The minimum atomic E-state index is 0.248. The van der Waals surface area contributed by atoms with E-state index in [-0.39, 0.29) is 6.04 Å². The summed E-state index contributed by atoms with van der Waals surface area (Å²) in [6, 6.07) is 14.9. The molecule has 2 aliphatic rings. The van der Waals surface area contributed by atoms with Gasteiger partial charge in [-0.25, -0.2) is 0 Å². The van der Waals surface area contributed by atoms with Crippen LogP contribution in [-0.2, 0) is 0 Å². The van der Waals surface area contributed by atoms with Gasteiger partial charge in [0.15, 0.2) is 6.04 Å². The highest BCUT2D eigenvalue weighted by molar-refractivity contribution is 5.27. The lowest BCUT2D eigenvalue weighted by Gasteiger charge is -2.33. The molecule has 1 atom stereocenters. The van der Waals surface area contributed by atoms with Crippen molar-refractivity contribution in [1.82, 2.24) is 4.90 Å². The summed E-state index contributed by atoms with van der Waals surface area (Å²) in [4.78, 5) is 7.00. The first-order valence-corrected chi connectivity index (χ1v) is 7.33. The van der Waals surface area contributed by atoms with Crippen molar-refractivity contribution in [2.45, 2.75) is 37.8 Å². The smallest absolute Gasteiger partial charge is 0.270 e. The second-order valence-corrected chi connectivity index (χ2v) is 5.34. The van der Waals surface area contributed by atoms with Gasteiger partial charge in [0, 0.05) is 6.04 Å². The van der Waals surface area contributed by atoms with E-state index in [1.807, 2.05) is 0 Å². The van der Waals surface area contributed by atoms with Crippen LogP contribution in [0.3, 0.4) is 0 Å². The average Bonchev–Trinajstić information content (AvgIpc) is 2.77. The largest absolute Gasteiger partial charge is 0.297 e. The summed E-state index contributed by atoms with van der Waals surface area (Å²) in [5.74, 6) is 0. The van der Waals surface area contributed by atoms with E-state index in [9.17, 15) is 0 Å². The molecular formula is C17H21N2+. The number of hydrogen-bond acceptors (Lipinski definition) is 1. The molecule has 0 saturated heterocycles. The van der Waals surface area contributed by atoms with Crippen molar-refractivity contribution in [3.63, 3.8) is 0 Å². The van der Waals surface area contributed by atoms with Crippen LogP contribution in [0.2, 0.25) is 0 Å². The number of benzene rings is 1. The van der Waals surface area contributed by atoms with Gasteiger partial charge in [-0.3, -0.25) is 4.90 Å². The zero-order valence-corrected chi connectivity index (χ0v) is 11.3. The molecular weight excluding hydrogens is 232 g/mol. The Kier molecular flexibility index (Phi) is 3.95. The van der Waals surface area contributed by atoms with E-state index in [1.165, 1.54) is 31.2 Å². The fraction of sp³-hybridized carbons (Fsp3) is 0.471. The molecule has 0 N–H and O–H groups in total. The van der Waals surface area contributed by atoms with Crippen molar-refractivity contribution in [3.8, 4) is 6.07 Å². The van der Waals surface area contributed by atoms with E-state index < -0.39 is 0 Å². The number of rotatable bonds is 2. The predicted molar refractivity (Wildman–Crippen MR) is 79.4 cm³/mol. The van der Waals surface area contributed by atoms with E-state index in [0.717, 1.165) is 13.1 Å². The maximum Gasteiger partial charge on any atom is 0.297 e. The zero-order valence-electron chi connectivity index (χ0n) is 11.3. The fourth-order valence-electron chi connectivity index (χ4n) is 3.10. The van der Waals surface area contributed by atoms with Gasteiger partial charge in [-0.1, -0.05) is 47.3 Å². The van der Waals surface area contributed by atoms with Crippen LogP contribution in [0.15, 0.2) is 42.5 Å². The summed E-state index contributed by atoms with van der Waals surface area (Å²) in [6.45, 7) is 1.96. The van der Waals surface area contributed by atoms with Gasteiger partial charge >= 0.3 is 0 Å². The summed E-state index contributed by atoms with van der Waals surface area (Å²) in [7, 11) is 0. The maximum atomic E-state index is 4.40. The Balaban J connectivity index is 1.82. The standard InChI is InChI=1S/C17H21N2/c1-2-7-11-16(10-6-1)19-13-12-18-14-17(19)15-8-4-3-5-9-15/h1-5,8-9,16-17H,6-7,10-13H2/q+1. The Labute approximate surface area is 115 Å². The van der Waals surface area contributed by atoms with E-state index in [1.54, 1.807) is 0 Å². The van der Waals surface area contributed by atoms with Gasteiger partial charge in [-0.05, 0) is 31.2 Å². The van der Waals surface area contributed by atoms with Crippen molar-refractivity contribution in [3.05, 3.63) is 52.9 Å². The maximum absolute atomic E-state index is 4.40. The van der Waals surface area contributed by atoms with Crippen LogP contribution in [0, 0.1) is 6.07 Å². The van der Waals surface area contributed by atoms with Gasteiger partial charge in [-0.15, -0.1) is 0 Å². The first-order chi connectivity index (χ1) is 9.45. The van der Waals surface area contributed by atoms with Crippen LogP contribution < -0.4 is 0 Å². The minimum Gasteiger partial charge on any atom is -0.270 e. The highest BCUT2D eigenvalue weighted by Crippen LogP contribution is 2.29. The Bertz CT molecular complexity index is 485. The molecule has 0 spiro atoms. The van der Waals surface area contributed by atoms with E-state index in [0.29, 0.717) is 6.04 Å². The highest BCUT2D eigenvalue weighted by atomic mass is 15.2. The minimum absolute atomic E-state index is 0.248. The average molecular weight is 253 g/mol. The second-order valence-electron chi connectivity index (χ2n) is 5.34. The zero-order chi connectivity index (χ0) is 12.9. The summed E-state index contributed by atoms with van der Waals surface area (Å²) in [5.41, 5.74) is 1.32. The van der Waals surface area contributed by atoms with Crippen LogP contribution in [-0.4, -0.2) is 24.0 Å².